The number of nitrogens with zero attached hydrogens (tertiary/aromatic N) is 2. The molecular formula is C23H23N3O4S. The predicted octanol–water partition coefficient (Wildman–Crippen LogP) is 3.05. The molecule has 0 amide bonds. The van der Waals surface area contributed by atoms with E-state index in [-0.39, 0.29) is 11.3 Å². The highest BCUT2D eigenvalue weighted by atomic mass is 32.2. The van der Waals surface area contributed by atoms with E-state index in [1.807, 2.05) is 37.2 Å². The molecule has 3 N–H and O–H groups in total. The van der Waals surface area contributed by atoms with Gasteiger partial charge in [-0.3, -0.25) is 4.79 Å². The van der Waals surface area contributed by atoms with Gasteiger partial charge in [-0.05, 0) is 23.8 Å². The Morgan fingerprint density at radius 3 is 2.35 bits per heavy atom. The Morgan fingerprint density at radius 2 is 1.65 bits per heavy atom. The summed E-state index contributed by atoms with van der Waals surface area (Å²) in [5.74, 6) is -1.13. The Morgan fingerprint density at radius 1 is 1.00 bits per heavy atom. The van der Waals surface area contributed by atoms with Gasteiger partial charge in [0.1, 0.15) is 6.04 Å². The van der Waals surface area contributed by atoms with Gasteiger partial charge in [0, 0.05) is 48.6 Å². The molecule has 1 heterocycles. The largest absolute Gasteiger partial charge is 0.480 e. The van der Waals surface area contributed by atoms with Crippen LogP contribution < -0.4 is 10.6 Å². The SMILES string of the molecule is CN(C)c1cccc2c(S(=O)(=O)n3cc(CC(N)C(=O)O)c4ccccc43)cccc12. The number of para-hydroxylation sites is 1. The van der Waals surface area contributed by atoms with Crippen molar-refractivity contribution in [2.45, 2.75) is 17.4 Å². The number of aromatic nitrogens is 1. The van der Waals surface area contributed by atoms with E-state index in [4.69, 9.17) is 5.73 Å². The average molecular weight is 438 g/mol. The smallest absolute Gasteiger partial charge is 0.320 e. The van der Waals surface area contributed by atoms with Crippen molar-refractivity contribution in [3.63, 3.8) is 0 Å². The van der Waals surface area contributed by atoms with Gasteiger partial charge in [-0.25, -0.2) is 12.4 Å². The molecule has 1 atom stereocenters. The summed E-state index contributed by atoms with van der Waals surface area (Å²) in [4.78, 5) is 13.4. The molecule has 0 spiro atoms. The number of fused-ring (bicyclic) bond motifs is 2. The number of nitrogens with two attached hydrogens (primary N) is 1. The molecule has 8 heteroatoms. The van der Waals surface area contributed by atoms with Crippen molar-refractivity contribution in [3.05, 3.63) is 72.4 Å². The number of rotatable bonds is 6. The van der Waals surface area contributed by atoms with E-state index >= 15 is 0 Å². The van der Waals surface area contributed by atoms with Gasteiger partial charge in [-0.2, -0.15) is 0 Å². The number of anilines is 1. The lowest BCUT2D eigenvalue weighted by atomic mass is 10.1. The first-order valence-corrected chi connectivity index (χ1v) is 11.2. The van der Waals surface area contributed by atoms with Gasteiger partial charge in [-0.1, -0.05) is 42.5 Å². The lowest BCUT2D eigenvalue weighted by molar-refractivity contribution is -0.138. The van der Waals surface area contributed by atoms with Gasteiger partial charge in [0.25, 0.3) is 10.0 Å². The summed E-state index contributed by atoms with van der Waals surface area (Å²) in [5.41, 5.74) is 7.70. The van der Waals surface area contributed by atoms with Crippen molar-refractivity contribution in [1.82, 2.24) is 3.97 Å². The molecule has 0 aliphatic heterocycles. The monoisotopic (exact) mass is 437 g/mol. The molecule has 160 valence electrons. The van der Waals surface area contributed by atoms with Crippen molar-refractivity contribution < 1.29 is 18.3 Å². The Bertz CT molecular complexity index is 1410. The molecule has 0 radical (unpaired) electrons. The maximum atomic E-state index is 13.8. The highest BCUT2D eigenvalue weighted by molar-refractivity contribution is 7.90. The van der Waals surface area contributed by atoms with E-state index < -0.39 is 22.0 Å². The molecule has 31 heavy (non-hydrogen) atoms. The van der Waals surface area contributed by atoms with E-state index in [9.17, 15) is 18.3 Å². The van der Waals surface area contributed by atoms with Crippen molar-refractivity contribution in [1.29, 1.82) is 0 Å². The first-order chi connectivity index (χ1) is 14.7. The van der Waals surface area contributed by atoms with Gasteiger partial charge in [0.05, 0.1) is 10.4 Å². The Balaban J connectivity index is 1.95. The summed E-state index contributed by atoms with van der Waals surface area (Å²) in [6, 6.07) is 16.7. The molecule has 1 aromatic heterocycles. The Kier molecular flexibility index (Phi) is 5.20. The standard InChI is InChI=1S/C23H23N3O4S/c1-25(2)20-11-5-9-18-17(20)8-6-12-22(18)31(29,30)26-14-15(13-19(24)23(27)28)16-7-3-4-10-21(16)26/h3-12,14,19H,13,24H2,1-2H3,(H,27,28). The zero-order valence-electron chi connectivity index (χ0n) is 17.2. The average Bonchev–Trinajstić information content (AvgIpc) is 3.12. The minimum atomic E-state index is -3.96. The quantitative estimate of drug-likeness (QED) is 0.480. The second-order valence-electron chi connectivity index (χ2n) is 7.64. The number of benzene rings is 3. The van der Waals surface area contributed by atoms with E-state index in [0.29, 0.717) is 21.9 Å². The number of carbonyl (C=O) groups is 1. The van der Waals surface area contributed by atoms with Crippen LogP contribution in [0.15, 0.2) is 71.8 Å². The summed E-state index contributed by atoms with van der Waals surface area (Å²) >= 11 is 0. The van der Waals surface area contributed by atoms with Gasteiger partial charge >= 0.3 is 5.97 Å². The Labute approximate surface area is 180 Å². The summed E-state index contributed by atoms with van der Waals surface area (Å²) in [6.45, 7) is 0. The molecule has 0 bridgehead atoms. The van der Waals surface area contributed by atoms with Crippen LogP contribution in [0.4, 0.5) is 5.69 Å². The molecule has 0 saturated heterocycles. The number of carboxylic acid groups (broad SMARTS) is 1. The first-order valence-electron chi connectivity index (χ1n) is 9.74. The molecule has 4 aromatic rings. The second-order valence-corrected chi connectivity index (χ2v) is 9.43. The third-order valence-corrected chi connectivity index (χ3v) is 7.13. The lowest BCUT2D eigenvalue weighted by Gasteiger charge is -2.17. The zero-order valence-corrected chi connectivity index (χ0v) is 18.0. The van der Waals surface area contributed by atoms with Crippen LogP contribution >= 0.6 is 0 Å². The van der Waals surface area contributed by atoms with Crippen molar-refractivity contribution in [2.75, 3.05) is 19.0 Å². The molecule has 7 nitrogen and oxygen atoms in total. The Hall–Kier alpha value is -3.36. The maximum Gasteiger partial charge on any atom is 0.320 e. The summed E-state index contributed by atoms with van der Waals surface area (Å²) in [6.07, 6.45) is 1.51. The third-order valence-electron chi connectivity index (χ3n) is 5.40. The number of carboxylic acids is 1. The topological polar surface area (TPSA) is 106 Å². The minimum absolute atomic E-state index is 0.0265. The zero-order chi connectivity index (χ0) is 22.3. The van der Waals surface area contributed by atoms with Crippen LogP contribution in [0.3, 0.4) is 0 Å². The summed E-state index contributed by atoms with van der Waals surface area (Å²) in [7, 11) is -0.140. The highest BCUT2D eigenvalue weighted by Gasteiger charge is 2.25. The lowest BCUT2D eigenvalue weighted by Crippen LogP contribution is -2.32. The minimum Gasteiger partial charge on any atom is -0.480 e. The van der Waals surface area contributed by atoms with Gasteiger partial charge in [-0.15, -0.1) is 0 Å². The molecule has 0 aliphatic carbocycles. The normalized spacial score (nSPS) is 12.9. The van der Waals surface area contributed by atoms with E-state index in [1.54, 1.807) is 42.5 Å². The maximum absolute atomic E-state index is 13.8. The highest BCUT2D eigenvalue weighted by Crippen LogP contribution is 2.33. The fourth-order valence-electron chi connectivity index (χ4n) is 3.89. The van der Waals surface area contributed by atoms with Crippen molar-refractivity contribution in [2.24, 2.45) is 5.73 Å². The van der Waals surface area contributed by atoms with Crippen molar-refractivity contribution >= 4 is 43.4 Å². The first kappa shape index (κ1) is 20.9. The number of hydrogen-bond acceptors (Lipinski definition) is 5. The van der Waals surface area contributed by atoms with Crippen LogP contribution in [-0.4, -0.2) is 43.6 Å². The van der Waals surface area contributed by atoms with Crippen LogP contribution in [0.5, 0.6) is 0 Å². The van der Waals surface area contributed by atoms with Crippen LogP contribution in [0.1, 0.15) is 5.56 Å². The second kappa shape index (κ2) is 7.72. The molecule has 0 aliphatic rings. The fourth-order valence-corrected chi connectivity index (χ4v) is 5.49. The number of aliphatic carboxylic acids is 1. The molecule has 0 fully saturated rings. The molecular weight excluding hydrogens is 414 g/mol. The third kappa shape index (κ3) is 3.54. The van der Waals surface area contributed by atoms with Crippen LogP contribution in [-0.2, 0) is 21.2 Å². The summed E-state index contributed by atoms with van der Waals surface area (Å²) in [5, 5.41) is 11.3. The van der Waals surface area contributed by atoms with E-state index in [0.717, 1.165) is 11.1 Å². The van der Waals surface area contributed by atoms with Crippen LogP contribution in [0, 0.1) is 0 Å². The fraction of sp³-hybridized carbons (Fsp3) is 0.174. The van der Waals surface area contributed by atoms with Crippen LogP contribution in [0.25, 0.3) is 21.7 Å². The predicted molar refractivity (Wildman–Crippen MR) is 122 cm³/mol. The van der Waals surface area contributed by atoms with Gasteiger partial charge < -0.3 is 15.7 Å². The van der Waals surface area contributed by atoms with E-state index in [2.05, 4.69) is 0 Å². The van der Waals surface area contributed by atoms with Crippen molar-refractivity contribution in [3.8, 4) is 0 Å². The van der Waals surface area contributed by atoms with Crippen LogP contribution in [0.2, 0.25) is 0 Å². The molecule has 4 rings (SSSR count). The van der Waals surface area contributed by atoms with E-state index in [1.165, 1.54) is 10.2 Å². The molecule has 1 unspecified atom stereocenters. The number of hydrogen-bond donors (Lipinski definition) is 2. The summed E-state index contributed by atoms with van der Waals surface area (Å²) < 4.78 is 28.8. The van der Waals surface area contributed by atoms with Gasteiger partial charge in [0.2, 0.25) is 0 Å². The molecule has 0 saturated carbocycles. The van der Waals surface area contributed by atoms with Gasteiger partial charge in [0.15, 0.2) is 0 Å². The molecule has 3 aromatic carbocycles.